The minimum Gasteiger partial charge on any atom is -0.465 e. The molecule has 0 aliphatic carbocycles. The highest BCUT2D eigenvalue weighted by molar-refractivity contribution is 5.69. The first-order valence-corrected chi connectivity index (χ1v) is 4.67. The van der Waals surface area contributed by atoms with E-state index in [-0.39, 0.29) is 11.4 Å². The molecule has 0 rings (SSSR count). The van der Waals surface area contributed by atoms with Crippen LogP contribution in [0.1, 0.15) is 47.0 Å². The molecular formula is C10H20O2. The fourth-order valence-corrected chi connectivity index (χ4v) is 0.654. The molecule has 0 radical (unpaired) electrons. The van der Waals surface area contributed by atoms with E-state index in [4.69, 9.17) is 4.74 Å². The van der Waals surface area contributed by atoms with Crippen molar-refractivity contribution in [2.24, 2.45) is 5.41 Å². The number of hydrogen-bond acceptors (Lipinski definition) is 2. The van der Waals surface area contributed by atoms with Gasteiger partial charge in [0.15, 0.2) is 0 Å². The van der Waals surface area contributed by atoms with Crippen LogP contribution in [0.5, 0.6) is 0 Å². The van der Waals surface area contributed by atoms with Gasteiger partial charge in [-0.25, -0.2) is 0 Å². The number of rotatable bonds is 5. The second-order valence-corrected chi connectivity index (χ2v) is 3.93. The van der Waals surface area contributed by atoms with Gasteiger partial charge in [0.2, 0.25) is 0 Å². The fraction of sp³-hybridized carbons (Fsp3) is 0.900. The van der Waals surface area contributed by atoms with Crippen molar-refractivity contribution in [1.29, 1.82) is 0 Å². The summed E-state index contributed by atoms with van der Waals surface area (Å²) in [7, 11) is 0. The van der Waals surface area contributed by atoms with Crippen molar-refractivity contribution >= 4 is 5.97 Å². The van der Waals surface area contributed by atoms with Crippen LogP contribution in [0.2, 0.25) is 0 Å². The quantitative estimate of drug-likeness (QED) is 0.596. The molecule has 0 atom stereocenters. The molecule has 0 N–H and O–H groups in total. The van der Waals surface area contributed by atoms with Crippen molar-refractivity contribution in [2.75, 3.05) is 6.61 Å². The lowest BCUT2D eigenvalue weighted by atomic mass is 9.92. The molecule has 12 heavy (non-hydrogen) atoms. The summed E-state index contributed by atoms with van der Waals surface area (Å²) in [5.41, 5.74) is 0.128. The molecule has 0 aliphatic rings. The predicted molar refractivity (Wildman–Crippen MR) is 49.9 cm³/mol. The van der Waals surface area contributed by atoms with Gasteiger partial charge in [0, 0.05) is 6.42 Å². The monoisotopic (exact) mass is 172 g/mol. The molecule has 0 aromatic rings. The molecule has 0 bridgehead atoms. The number of ether oxygens (including phenoxy) is 1. The summed E-state index contributed by atoms with van der Waals surface area (Å²) < 4.78 is 5.10. The lowest BCUT2D eigenvalue weighted by molar-refractivity contribution is -0.146. The zero-order valence-electron chi connectivity index (χ0n) is 8.64. The number of hydrogen-bond donors (Lipinski definition) is 0. The summed E-state index contributed by atoms with van der Waals surface area (Å²) in [6.07, 6.45) is 2.44. The summed E-state index contributed by atoms with van der Waals surface area (Å²) in [6, 6.07) is 0. The van der Waals surface area contributed by atoms with E-state index in [9.17, 15) is 4.79 Å². The molecule has 72 valence electrons. The van der Waals surface area contributed by atoms with Crippen molar-refractivity contribution in [1.82, 2.24) is 0 Å². The Bertz CT molecular complexity index is 139. The van der Waals surface area contributed by atoms with Gasteiger partial charge in [-0.1, -0.05) is 27.7 Å². The van der Waals surface area contributed by atoms with Crippen molar-refractivity contribution < 1.29 is 9.53 Å². The molecule has 0 fully saturated rings. The van der Waals surface area contributed by atoms with Gasteiger partial charge >= 0.3 is 5.97 Å². The van der Waals surface area contributed by atoms with E-state index in [1.165, 1.54) is 0 Å². The zero-order valence-corrected chi connectivity index (χ0v) is 8.64. The maximum Gasteiger partial charge on any atom is 0.305 e. The molecule has 0 saturated heterocycles. The highest BCUT2D eigenvalue weighted by Crippen LogP contribution is 2.19. The molecule has 0 aromatic heterocycles. The Morgan fingerprint density at radius 1 is 1.33 bits per heavy atom. The van der Waals surface area contributed by atoms with Crippen LogP contribution in [0.4, 0.5) is 0 Å². The third-order valence-electron chi connectivity index (χ3n) is 2.04. The normalized spacial score (nSPS) is 11.3. The van der Waals surface area contributed by atoms with Crippen LogP contribution in [0, 0.1) is 5.41 Å². The van der Waals surface area contributed by atoms with E-state index < -0.39 is 0 Å². The van der Waals surface area contributed by atoms with Crippen LogP contribution in [-0.4, -0.2) is 12.6 Å². The van der Waals surface area contributed by atoms with Crippen molar-refractivity contribution in [3.63, 3.8) is 0 Å². The van der Waals surface area contributed by atoms with Gasteiger partial charge < -0.3 is 4.74 Å². The highest BCUT2D eigenvalue weighted by Gasteiger charge is 2.17. The molecule has 0 spiro atoms. The fourth-order valence-electron chi connectivity index (χ4n) is 0.654. The van der Waals surface area contributed by atoms with Gasteiger partial charge in [0.05, 0.1) is 6.61 Å². The number of carbonyl (C=O) groups excluding carboxylic acids is 1. The molecule has 0 heterocycles. The Hall–Kier alpha value is -0.530. The van der Waals surface area contributed by atoms with Crippen LogP contribution in [0.3, 0.4) is 0 Å². The largest absolute Gasteiger partial charge is 0.465 e. The average Bonchev–Trinajstić information content (AvgIpc) is 2.02. The molecule has 0 aromatic carbocycles. The van der Waals surface area contributed by atoms with Crippen molar-refractivity contribution in [3.05, 3.63) is 0 Å². The summed E-state index contributed by atoms with van der Waals surface area (Å²) in [4.78, 5) is 11.0. The first-order chi connectivity index (χ1) is 5.52. The van der Waals surface area contributed by atoms with Gasteiger partial charge in [0.25, 0.3) is 0 Å². The molecular weight excluding hydrogens is 152 g/mol. The van der Waals surface area contributed by atoms with Crippen LogP contribution in [-0.2, 0) is 9.53 Å². The second-order valence-electron chi connectivity index (χ2n) is 3.93. The standard InChI is InChI=1S/C10H20O2/c1-5-7-9(11)12-8-10(3,4)6-2/h5-8H2,1-4H3. The molecule has 2 nitrogen and oxygen atoms in total. The SMILES string of the molecule is CCCC(=O)OCC(C)(C)CC. The highest BCUT2D eigenvalue weighted by atomic mass is 16.5. The Morgan fingerprint density at radius 2 is 1.92 bits per heavy atom. The van der Waals surface area contributed by atoms with Gasteiger partial charge in [0.1, 0.15) is 0 Å². The van der Waals surface area contributed by atoms with E-state index in [2.05, 4.69) is 20.8 Å². The Balaban J connectivity index is 3.60. The Morgan fingerprint density at radius 3 is 2.33 bits per heavy atom. The minimum absolute atomic E-state index is 0.0703. The molecule has 0 saturated carbocycles. The zero-order chi connectivity index (χ0) is 9.61. The lowest BCUT2D eigenvalue weighted by Gasteiger charge is -2.21. The van der Waals surface area contributed by atoms with Crippen LogP contribution in [0.25, 0.3) is 0 Å². The second kappa shape index (κ2) is 5.18. The summed E-state index contributed by atoms with van der Waals surface area (Å²) >= 11 is 0. The number of esters is 1. The summed E-state index contributed by atoms with van der Waals surface area (Å²) in [5.74, 6) is -0.0703. The maximum absolute atomic E-state index is 11.0. The van der Waals surface area contributed by atoms with E-state index in [1.54, 1.807) is 0 Å². The molecule has 2 heteroatoms. The lowest BCUT2D eigenvalue weighted by Crippen LogP contribution is -2.20. The summed E-state index contributed by atoms with van der Waals surface area (Å²) in [5, 5.41) is 0. The predicted octanol–water partition coefficient (Wildman–Crippen LogP) is 2.77. The van der Waals surface area contributed by atoms with E-state index in [0.29, 0.717) is 13.0 Å². The van der Waals surface area contributed by atoms with E-state index in [0.717, 1.165) is 12.8 Å². The van der Waals surface area contributed by atoms with Crippen LogP contribution in [0.15, 0.2) is 0 Å². The van der Waals surface area contributed by atoms with Gasteiger partial charge in [-0.2, -0.15) is 0 Å². The first kappa shape index (κ1) is 11.5. The first-order valence-electron chi connectivity index (χ1n) is 4.67. The topological polar surface area (TPSA) is 26.3 Å². The summed E-state index contributed by atoms with van der Waals surface area (Å²) in [6.45, 7) is 8.83. The third kappa shape index (κ3) is 5.16. The van der Waals surface area contributed by atoms with E-state index in [1.807, 2.05) is 6.92 Å². The van der Waals surface area contributed by atoms with Crippen LogP contribution < -0.4 is 0 Å². The average molecular weight is 172 g/mol. The minimum atomic E-state index is -0.0703. The van der Waals surface area contributed by atoms with Gasteiger partial charge in [-0.05, 0) is 18.3 Å². The Kier molecular flexibility index (Phi) is 4.95. The van der Waals surface area contributed by atoms with Gasteiger partial charge in [-0.15, -0.1) is 0 Å². The van der Waals surface area contributed by atoms with E-state index >= 15 is 0 Å². The Labute approximate surface area is 75.3 Å². The van der Waals surface area contributed by atoms with Crippen LogP contribution >= 0.6 is 0 Å². The molecule has 0 unspecified atom stereocenters. The third-order valence-corrected chi connectivity index (χ3v) is 2.04. The smallest absolute Gasteiger partial charge is 0.305 e. The van der Waals surface area contributed by atoms with Gasteiger partial charge in [-0.3, -0.25) is 4.79 Å². The number of carbonyl (C=O) groups is 1. The molecule has 0 amide bonds. The van der Waals surface area contributed by atoms with Crippen molar-refractivity contribution in [2.45, 2.75) is 47.0 Å². The maximum atomic E-state index is 11.0. The molecule has 0 aliphatic heterocycles. The van der Waals surface area contributed by atoms with Crippen molar-refractivity contribution in [3.8, 4) is 0 Å².